The number of H-pyrrole nitrogens is 1. The molecule has 0 atom stereocenters. The zero-order chi connectivity index (χ0) is 13.8. The Hall–Kier alpha value is -1.88. The minimum Gasteiger partial charge on any atom is -0.371 e. The predicted octanol–water partition coefficient (Wildman–Crippen LogP) is 1.87. The van der Waals surface area contributed by atoms with Crippen LogP contribution < -0.4 is 10.2 Å². The Morgan fingerprint density at radius 1 is 1.30 bits per heavy atom. The summed E-state index contributed by atoms with van der Waals surface area (Å²) >= 11 is 0. The van der Waals surface area contributed by atoms with Gasteiger partial charge < -0.3 is 15.2 Å². The summed E-state index contributed by atoms with van der Waals surface area (Å²) in [7, 11) is 0. The molecule has 0 saturated carbocycles. The standard InChI is InChI=1S/C15H21N5/c1-12-10-18-15(19-12)11-17-13-4-8-20(9-5-13)14-2-6-16-7-3-14/h2-3,6-7,10,13,17H,4-5,8-9,11H2,1H3,(H,18,19). The lowest BCUT2D eigenvalue weighted by Crippen LogP contribution is -2.42. The van der Waals surface area contributed by atoms with E-state index in [0.29, 0.717) is 6.04 Å². The molecule has 1 aliphatic heterocycles. The van der Waals surface area contributed by atoms with E-state index in [1.807, 2.05) is 25.5 Å². The number of hydrogen-bond donors (Lipinski definition) is 2. The molecule has 1 saturated heterocycles. The summed E-state index contributed by atoms with van der Waals surface area (Å²) in [5, 5.41) is 3.59. The van der Waals surface area contributed by atoms with Gasteiger partial charge in [-0.25, -0.2) is 4.98 Å². The Balaban J connectivity index is 1.47. The topological polar surface area (TPSA) is 56.8 Å². The number of piperidine rings is 1. The van der Waals surface area contributed by atoms with E-state index in [-0.39, 0.29) is 0 Å². The number of imidazole rings is 1. The van der Waals surface area contributed by atoms with Crippen molar-refractivity contribution in [3.8, 4) is 0 Å². The highest BCUT2D eigenvalue weighted by Gasteiger charge is 2.19. The van der Waals surface area contributed by atoms with Crippen LogP contribution in [0.2, 0.25) is 0 Å². The molecule has 0 unspecified atom stereocenters. The van der Waals surface area contributed by atoms with Gasteiger partial charge in [-0.05, 0) is 31.9 Å². The van der Waals surface area contributed by atoms with Crippen LogP contribution in [0.3, 0.4) is 0 Å². The van der Waals surface area contributed by atoms with Gasteiger partial charge in [-0.15, -0.1) is 0 Å². The van der Waals surface area contributed by atoms with Crippen molar-refractivity contribution in [2.24, 2.45) is 0 Å². The number of anilines is 1. The Bertz CT molecular complexity index is 528. The lowest BCUT2D eigenvalue weighted by molar-refractivity contribution is 0.410. The predicted molar refractivity (Wildman–Crippen MR) is 79.6 cm³/mol. The molecule has 20 heavy (non-hydrogen) atoms. The molecule has 0 aromatic carbocycles. The maximum absolute atomic E-state index is 4.33. The molecule has 0 bridgehead atoms. The number of aromatic nitrogens is 3. The molecule has 1 fully saturated rings. The van der Waals surface area contributed by atoms with Crippen LogP contribution in [-0.4, -0.2) is 34.1 Å². The van der Waals surface area contributed by atoms with Crippen LogP contribution in [0.1, 0.15) is 24.4 Å². The van der Waals surface area contributed by atoms with Gasteiger partial charge in [-0.3, -0.25) is 4.98 Å². The van der Waals surface area contributed by atoms with Crippen molar-refractivity contribution in [1.29, 1.82) is 0 Å². The highest BCUT2D eigenvalue weighted by atomic mass is 15.1. The molecule has 0 aliphatic carbocycles. The maximum atomic E-state index is 4.33. The number of rotatable bonds is 4. The van der Waals surface area contributed by atoms with Crippen molar-refractivity contribution in [2.75, 3.05) is 18.0 Å². The number of nitrogens with zero attached hydrogens (tertiary/aromatic N) is 3. The summed E-state index contributed by atoms with van der Waals surface area (Å²) in [6, 6.07) is 4.75. The van der Waals surface area contributed by atoms with Gasteiger partial charge in [0.1, 0.15) is 5.82 Å². The summed E-state index contributed by atoms with van der Waals surface area (Å²) in [6.07, 6.45) is 7.94. The quantitative estimate of drug-likeness (QED) is 0.891. The second kappa shape index (κ2) is 6.05. The fraction of sp³-hybridized carbons (Fsp3) is 0.467. The average molecular weight is 271 g/mol. The van der Waals surface area contributed by atoms with Gasteiger partial charge in [0.05, 0.1) is 6.54 Å². The van der Waals surface area contributed by atoms with Gasteiger partial charge in [0.2, 0.25) is 0 Å². The van der Waals surface area contributed by atoms with E-state index in [1.165, 1.54) is 18.5 Å². The molecule has 2 aromatic rings. The molecular formula is C15H21N5. The average Bonchev–Trinajstić information content (AvgIpc) is 2.92. The zero-order valence-corrected chi connectivity index (χ0v) is 11.8. The van der Waals surface area contributed by atoms with Crippen LogP contribution in [0.15, 0.2) is 30.7 Å². The highest BCUT2D eigenvalue weighted by Crippen LogP contribution is 2.18. The number of nitrogens with one attached hydrogen (secondary N) is 2. The molecule has 0 radical (unpaired) electrons. The molecule has 3 heterocycles. The summed E-state index contributed by atoms with van der Waals surface area (Å²) in [5.74, 6) is 1.03. The van der Waals surface area contributed by atoms with E-state index in [9.17, 15) is 0 Å². The smallest absolute Gasteiger partial charge is 0.120 e. The van der Waals surface area contributed by atoms with Crippen molar-refractivity contribution < 1.29 is 0 Å². The van der Waals surface area contributed by atoms with Crippen molar-refractivity contribution >= 4 is 5.69 Å². The summed E-state index contributed by atoms with van der Waals surface area (Å²) in [5.41, 5.74) is 2.40. The SMILES string of the molecule is Cc1cnc(CNC2CCN(c3ccncc3)CC2)[nH]1. The summed E-state index contributed by atoms with van der Waals surface area (Å²) in [6.45, 7) is 5.05. The normalized spacial score (nSPS) is 16.6. The van der Waals surface area contributed by atoms with Crippen LogP contribution in [0.4, 0.5) is 5.69 Å². The van der Waals surface area contributed by atoms with Gasteiger partial charge in [-0.2, -0.15) is 0 Å². The van der Waals surface area contributed by atoms with Crippen molar-refractivity contribution in [3.05, 3.63) is 42.2 Å². The zero-order valence-electron chi connectivity index (χ0n) is 11.8. The Labute approximate surface area is 119 Å². The van der Waals surface area contributed by atoms with E-state index >= 15 is 0 Å². The van der Waals surface area contributed by atoms with Crippen LogP contribution in [0.5, 0.6) is 0 Å². The van der Waals surface area contributed by atoms with Crippen molar-refractivity contribution in [1.82, 2.24) is 20.3 Å². The second-order valence-corrected chi connectivity index (χ2v) is 5.36. The van der Waals surface area contributed by atoms with Gasteiger partial charge in [0.15, 0.2) is 0 Å². The first-order valence-electron chi connectivity index (χ1n) is 7.20. The van der Waals surface area contributed by atoms with Crippen molar-refractivity contribution in [3.63, 3.8) is 0 Å². The third kappa shape index (κ3) is 3.17. The Kier molecular flexibility index (Phi) is 3.97. The Morgan fingerprint density at radius 2 is 2.05 bits per heavy atom. The molecule has 5 heteroatoms. The molecule has 106 valence electrons. The molecule has 0 spiro atoms. The first-order chi connectivity index (χ1) is 9.81. The molecule has 2 aromatic heterocycles. The minimum absolute atomic E-state index is 0.582. The second-order valence-electron chi connectivity index (χ2n) is 5.36. The first-order valence-corrected chi connectivity index (χ1v) is 7.20. The summed E-state index contributed by atoms with van der Waals surface area (Å²) in [4.78, 5) is 14.1. The third-order valence-electron chi connectivity index (χ3n) is 3.84. The van der Waals surface area contributed by atoms with E-state index in [2.05, 4.69) is 37.3 Å². The fourth-order valence-corrected chi connectivity index (χ4v) is 2.69. The van der Waals surface area contributed by atoms with Crippen molar-refractivity contribution in [2.45, 2.75) is 32.4 Å². The molecule has 2 N–H and O–H groups in total. The molecule has 0 amide bonds. The van der Waals surface area contributed by atoms with Crippen LogP contribution in [-0.2, 0) is 6.54 Å². The number of hydrogen-bond acceptors (Lipinski definition) is 4. The first kappa shape index (κ1) is 13.1. The van der Waals surface area contributed by atoms with Crippen LogP contribution >= 0.6 is 0 Å². The summed E-state index contributed by atoms with van der Waals surface area (Å²) < 4.78 is 0. The van der Waals surface area contributed by atoms with Gasteiger partial charge >= 0.3 is 0 Å². The number of aryl methyl sites for hydroxylation is 1. The van der Waals surface area contributed by atoms with Gasteiger partial charge in [0.25, 0.3) is 0 Å². The van der Waals surface area contributed by atoms with E-state index in [4.69, 9.17) is 0 Å². The molecule has 5 nitrogen and oxygen atoms in total. The third-order valence-corrected chi connectivity index (χ3v) is 3.84. The van der Waals surface area contributed by atoms with E-state index in [0.717, 1.165) is 31.2 Å². The molecule has 1 aliphatic rings. The van der Waals surface area contributed by atoms with E-state index in [1.54, 1.807) is 0 Å². The Morgan fingerprint density at radius 3 is 2.70 bits per heavy atom. The molecule has 3 rings (SSSR count). The fourth-order valence-electron chi connectivity index (χ4n) is 2.69. The maximum Gasteiger partial charge on any atom is 0.120 e. The minimum atomic E-state index is 0.582. The number of pyridine rings is 1. The van der Waals surface area contributed by atoms with E-state index < -0.39 is 0 Å². The van der Waals surface area contributed by atoms with Crippen LogP contribution in [0.25, 0.3) is 0 Å². The lowest BCUT2D eigenvalue weighted by Gasteiger charge is -2.33. The molecular weight excluding hydrogens is 250 g/mol. The van der Waals surface area contributed by atoms with Gasteiger partial charge in [0, 0.05) is 49.1 Å². The van der Waals surface area contributed by atoms with Crippen LogP contribution in [0, 0.1) is 6.92 Å². The largest absolute Gasteiger partial charge is 0.371 e. The monoisotopic (exact) mass is 271 g/mol. The van der Waals surface area contributed by atoms with Gasteiger partial charge in [-0.1, -0.05) is 0 Å². The number of aromatic amines is 1. The lowest BCUT2D eigenvalue weighted by atomic mass is 10.0. The highest BCUT2D eigenvalue weighted by molar-refractivity contribution is 5.44.